The predicted octanol–water partition coefficient (Wildman–Crippen LogP) is 3.21. The van der Waals surface area contributed by atoms with Gasteiger partial charge in [0.15, 0.2) is 0 Å². The molecule has 1 aliphatic rings. The Labute approximate surface area is 141 Å². The Morgan fingerprint density at radius 3 is 2.48 bits per heavy atom. The van der Waals surface area contributed by atoms with Crippen LogP contribution in [0.25, 0.3) is 0 Å². The van der Waals surface area contributed by atoms with Crippen LogP contribution in [0.2, 0.25) is 10.0 Å². The summed E-state index contributed by atoms with van der Waals surface area (Å²) in [4.78, 5) is 0.00288. The van der Waals surface area contributed by atoms with Gasteiger partial charge in [0.2, 0.25) is 10.0 Å². The lowest BCUT2D eigenvalue weighted by atomic mass is 9.99. The molecule has 0 radical (unpaired) electrons. The topological polar surface area (TPSA) is 72.2 Å². The standard InChI is InChI=1S/C13H18Cl2N2O2S.ClH/c14-10-6-3-7-12(13(10)15)20(18,19)17-11(8-16)9-4-1-2-5-9;/h3,6-7,9,11,17H,1-2,4-5,8,16H2;1H. The van der Waals surface area contributed by atoms with E-state index in [2.05, 4.69) is 4.72 Å². The average Bonchev–Trinajstić information content (AvgIpc) is 2.93. The number of hydrogen-bond acceptors (Lipinski definition) is 3. The van der Waals surface area contributed by atoms with Gasteiger partial charge in [-0.2, -0.15) is 0 Å². The van der Waals surface area contributed by atoms with E-state index in [1.165, 1.54) is 6.07 Å². The molecule has 1 atom stereocenters. The number of sulfonamides is 1. The largest absolute Gasteiger partial charge is 0.329 e. The molecule has 8 heteroatoms. The summed E-state index contributed by atoms with van der Waals surface area (Å²) < 4.78 is 27.5. The van der Waals surface area contributed by atoms with Gasteiger partial charge in [-0.3, -0.25) is 0 Å². The van der Waals surface area contributed by atoms with Crippen molar-refractivity contribution in [3.05, 3.63) is 28.2 Å². The molecule has 4 nitrogen and oxygen atoms in total. The van der Waals surface area contributed by atoms with Gasteiger partial charge in [-0.05, 0) is 30.9 Å². The van der Waals surface area contributed by atoms with E-state index in [-0.39, 0.29) is 39.9 Å². The third-order valence-corrected chi connectivity index (χ3v) is 6.20. The maximum atomic E-state index is 12.4. The summed E-state index contributed by atoms with van der Waals surface area (Å²) in [6, 6.07) is 4.31. The van der Waals surface area contributed by atoms with E-state index in [1.807, 2.05) is 0 Å². The van der Waals surface area contributed by atoms with Crippen molar-refractivity contribution in [3.8, 4) is 0 Å². The Balaban J connectivity index is 0.00000220. The zero-order valence-electron chi connectivity index (χ0n) is 11.4. The quantitative estimate of drug-likeness (QED) is 0.832. The molecule has 2 rings (SSSR count). The van der Waals surface area contributed by atoms with Crippen molar-refractivity contribution in [3.63, 3.8) is 0 Å². The molecule has 1 aliphatic carbocycles. The zero-order valence-corrected chi connectivity index (χ0v) is 14.5. The number of halogens is 3. The minimum absolute atomic E-state index is 0. The van der Waals surface area contributed by atoms with Gasteiger partial charge < -0.3 is 5.73 Å². The van der Waals surface area contributed by atoms with Gasteiger partial charge in [-0.25, -0.2) is 13.1 Å². The van der Waals surface area contributed by atoms with E-state index in [4.69, 9.17) is 28.9 Å². The minimum Gasteiger partial charge on any atom is -0.329 e. The predicted molar refractivity (Wildman–Crippen MR) is 88.8 cm³/mol. The molecule has 1 unspecified atom stereocenters. The summed E-state index contributed by atoms with van der Waals surface area (Å²) in [5, 5.41) is 0.267. The maximum Gasteiger partial charge on any atom is 0.242 e. The highest BCUT2D eigenvalue weighted by atomic mass is 35.5. The fourth-order valence-electron chi connectivity index (χ4n) is 2.65. The molecule has 0 amide bonds. The SMILES string of the molecule is Cl.NCC(NS(=O)(=O)c1cccc(Cl)c1Cl)C1CCCC1. The van der Waals surface area contributed by atoms with E-state index in [0.29, 0.717) is 5.92 Å². The van der Waals surface area contributed by atoms with Gasteiger partial charge in [-0.15, -0.1) is 12.4 Å². The molecule has 21 heavy (non-hydrogen) atoms. The number of rotatable bonds is 5. The third kappa shape index (κ3) is 4.47. The van der Waals surface area contributed by atoms with Crippen molar-refractivity contribution in [2.45, 2.75) is 36.6 Å². The second-order valence-electron chi connectivity index (χ2n) is 5.06. The maximum absolute atomic E-state index is 12.4. The second-order valence-corrected chi connectivity index (χ2v) is 7.53. The fraction of sp³-hybridized carbons (Fsp3) is 0.538. The van der Waals surface area contributed by atoms with Crippen LogP contribution in [0.3, 0.4) is 0 Å². The van der Waals surface area contributed by atoms with Crippen LogP contribution < -0.4 is 10.5 Å². The molecule has 0 saturated heterocycles. The number of nitrogens with two attached hydrogens (primary N) is 1. The lowest BCUT2D eigenvalue weighted by molar-refractivity contribution is 0.405. The van der Waals surface area contributed by atoms with Crippen molar-refractivity contribution in [1.29, 1.82) is 0 Å². The highest BCUT2D eigenvalue weighted by molar-refractivity contribution is 7.89. The van der Waals surface area contributed by atoms with Crippen LogP contribution in [-0.2, 0) is 10.0 Å². The highest BCUT2D eigenvalue weighted by Gasteiger charge is 2.29. The molecule has 1 aromatic carbocycles. The summed E-state index contributed by atoms with van der Waals surface area (Å²) in [5.41, 5.74) is 5.72. The van der Waals surface area contributed by atoms with Crippen LogP contribution >= 0.6 is 35.6 Å². The van der Waals surface area contributed by atoms with Gasteiger partial charge in [0.05, 0.1) is 10.0 Å². The summed E-state index contributed by atoms with van der Waals surface area (Å²) in [6.07, 6.45) is 4.27. The van der Waals surface area contributed by atoms with Crippen molar-refractivity contribution in [1.82, 2.24) is 4.72 Å². The minimum atomic E-state index is -3.71. The Hall–Kier alpha value is -0.0400. The monoisotopic (exact) mass is 372 g/mol. The average molecular weight is 374 g/mol. The lowest BCUT2D eigenvalue weighted by Crippen LogP contribution is -2.44. The first kappa shape index (κ1) is 19.0. The number of hydrogen-bond donors (Lipinski definition) is 2. The molecule has 0 heterocycles. The normalized spacial score (nSPS) is 17.5. The smallest absolute Gasteiger partial charge is 0.242 e. The van der Waals surface area contributed by atoms with Crippen LogP contribution in [0.15, 0.2) is 23.1 Å². The van der Waals surface area contributed by atoms with E-state index in [0.717, 1.165) is 25.7 Å². The molecule has 3 N–H and O–H groups in total. The molecule has 0 aromatic heterocycles. The summed E-state index contributed by atoms with van der Waals surface area (Å²) in [6.45, 7) is 0.280. The fourth-order valence-corrected chi connectivity index (χ4v) is 4.73. The van der Waals surface area contributed by atoms with E-state index in [9.17, 15) is 8.42 Å². The molecule has 0 bridgehead atoms. The van der Waals surface area contributed by atoms with Gasteiger partial charge in [0, 0.05) is 12.6 Å². The van der Waals surface area contributed by atoms with E-state index in [1.54, 1.807) is 12.1 Å². The van der Waals surface area contributed by atoms with Gasteiger partial charge in [-0.1, -0.05) is 42.1 Å². The zero-order chi connectivity index (χ0) is 14.8. The number of benzene rings is 1. The van der Waals surface area contributed by atoms with Crippen molar-refractivity contribution >= 4 is 45.6 Å². The Morgan fingerprint density at radius 2 is 1.90 bits per heavy atom. The second kappa shape index (κ2) is 7.99. The summed E-state index contributed by atoms with van der Waals surface area (Å²) in [5.74, 6) is 0.299. The van der Waals surface area contributed by atoms with Gasteiger partial charge >= 0.3 is 0 Å². The van der Waals surface area contributed by atoms with Crippen molar-refractivity contribution in [2.24, 2.45) is 11.7 Å². The van der Waals surface area contributed by atoms with Crippen LogP contribution in [-0.4, -0.2) is 21.0 Å². The molecule has 1 aromatic rings. The van der Waals surface area contributed by atoms with Crippen LogP contribution in [0, 0.1) is 5.92 Å². The molecule has 0 aliphatic heterocycles. The molecule has 1 saturated carbocycles. The first-order valence-electron chi connectivity index (χ1n) is 6.62. The molecule has 0 spiro atoms. The summed E-state index contributed by atoms with van der Waals surface area (Å²) in [7, 11) is -3.71. The van der Waals surface area contributed by atoms with E-state index < -0.39 is 10.0 Å². The van der Waals surface area contributed by atoms with E-state index >= 15 is 0 Å². The lowest BCUT2D eigenvalue weighted by Gasteiger charge is -2.23. The Morgan fingerprint density at radius 1 is 1.29 bits per heavy atom. The van der Waals surface area contributed by atoms with Crippen LogP contribution in [0.5, 0.6) is 0 Å². The van der Waals surface area contributed by atoms with Crippen LogP contribution in [0.4, 0.5) is 0 Å². The summed E-state index contributed by atoms with van der Waals surface area (Å²) >= 11 is 11.9. The first-order valence-corrected chi connectivity index (χ1v) is 8.86. The molecule has 1 fully saturated rings. The third-order valence-electron chi connectivity index (χ3n) is 3.74. The first-order chi connectivity index (χ1) is 9.45. The Bertz CT molecular complexity index is 575. The Kier molecular flexibility index (Phi) is 7.24. The molecule has 120 valence electrons. The molecular formula is C13H19Cl3N2O2S. The van der Waals surface area contributed by atoms with Gasteiger partial charge in [0.1, 0.15) is 4.90 Å². The molecular weight excluding hydrogens is 355 g/mol. The number of nitrogens with one attached hydrogen (secondary N) is 1. The highest BCUT2D eigenvalue weighted by Crippen LogP contribution is 2.31. The van der Waals surface area contributed by atoms with Crippen LogP contribution in [0.1, 0.15) is 25.7 Å². The van der Waals surface area contributed by atoms with Crippen molar-refractivity contribution < 1.29 is 8.42 Å². The van der Waals surface area contributed by atoms with Crippen molar-refractivity contribution in [2.75, 3.05) is 6.54 Å². The van der Waals surface area contributed by atoms with Gasteiger partial charge in [0.25, 0.3) is 0 Å².